The second kappa shape index (κ2) is 9.86. The predicted molar refractivity (Wildman–Crippen MR) is 115 cm³/mol. The molecule has 3 heterocycles. The third-order valence-electron chi connectivity index (χ3n) is 6.96. The molecular weight excluding hydrogens is 362 g/mol. The first-order chi connectivity index (χ1) is 14.2. The van der Waals surface area contributed by atoms with Gasteiger partial charge < -0.3 is 15.1 Å². The number of likely N-dealkylation sites (tertiary alicyclic amines) is 2. The van der Waals surface area contributed by atoms with Crippen LogP contribution in [0.15, 0.2) is 18.2 Å². The van der Waals surface area contributed by atoms with Gasteiger partial charge in [-0.15, -0.1) is 0 Å². The summed E-state index contributed by atoms with van der Waals surface area (Å²) in [7, 11) is 0. The normalized spacial score (nSPS) is 21.4. The Hall–Kier alpha value is -1.72. The van der Waals surface area contributed by atoms with Crippen molar-refractivity contribution >= 4 is 11.7 Å². The quantitative estimate of drug-likeness (QED) is 0.777. The molecule has 29 heavy (non-hydrogen) atoms. The van der Waals surface area contributed by atoms with Crippen LogP contribution in [0.2, 0.25) is 0 Å². The number of piperidine rings is 2. The summed E-state index contributed by atoms with van der Waals surface area (Å²) in [6.07, 6.45) is 8.83. The van der Waals surface area contributed by atoms with Crippen molar-refractivity contribution in [3.63, 3.8) is 0 Å². The number of carbonyl (C=O) groups is 2. The molecule has 0 saturated carbocycles. The summed E-state index contributed by atoms with van der Waals surface area (Å²) in [5.41, 5.74) is 3.40. The van der Waals surface area contributed by atoms with E-state index in [0.717, 1.165) is 57.4 Å². The highest BCUT2D eigenvalue weighted by Crippen LogP contribution is 2.22. The minimum atomic E-state index is 0.0987. The molecule has 2 fully saturated rings. The highest BCUT2D eigenvalue weighted by molar-refractivity contribution is 5.98. The topological polar surface area (TPSA) is 52.7 Å². The van der Waals surface area contributed by atoms with Gasteiger partial charge in [-0.25, -0.2) is 0 Å². The van der Waals surface area contributed by atoms with Gasteiger partial charge in [0.05, 0.1) is 0 Å². The third-order valence-corrected chi connectivity index (χ3v) is 6.96. The summed E-state index contributed by atoms with van der Waals surface area (Å²) in [4.78, 5) is 29.9. The average molecular weight is 398 g/mol. The zero-order valence-electron chi connectivity index (χ0n) is 17.6. The van der Waals surface area contributed by atoms with E-state index in [-0.39, 0.29) is 11.7 Å². The number of hydrogen-bond donors (Lipinski definition) is 1. The second-order valence-electron chi connectivity index (χ2n) is 8.87. The molecular formula is C24H35N3O2. The van der Waals surface area contributed by atoms with Crippen molar-refractivity contribution in [2.24, 2.45) is 0 Å². The van der Waals surface area contributed by atoms with Gasteiger partial charge in [0.1, 0.15) is 0 Å². The maximum Gasteiger partial charge on any atom is 0.223 e. The van der Waals surface area contributed by atoms with Crippen LogP contribution in [0, 0.1) is 0 Å². The number of nitrogens with one attached hydrogen (secondary N) is 1. The number of ketones is 1. The highest BCUT2D eigenvalue weighted by atomic mass is 16.2. The first-order valence-corrected chi connectivity index (χ1v) is 11.6. The molecule has 1 aromatic rings. The smallest absolute Gasteiger partial charge is 0.223 e. The van der Waals surface area contributed by atoms with Gasteiger partial charge in [0, 0.05) is 37.5 Å². The summed E-state index contributed by atoms with van der Waals surface area (Å²) < 4.78 is 0. The van der Waals surface area contributed by atoms with Crippen LogP contribution in [-0.2, 0) is 17.6 Å². The van der Waals surface area contributed by atoms with Gasteiger partial charge >= 0.3 is 0 Å². The van der Waals surface area contributed by atoms with Gasteiger partial charge in [-0.2, -0.15) is 0 Å². The van der Waals surface area contributed by atoms with Crippen LogP contribution in [0.3, 0.4) is 0 Å². The van der Waals surface area contributed by atoms with E-state index in [1.165, 1.54) is 43.5 Å². The van der Waals surface area contributed by atoms with Crippen LogP contribution in [0.4, 0.5) is 0 Å². The molecule has 0 radical (unpaired) electrons. The number of amides is 1. The number of rotatable bonds is 5. The fourth-order valence-electron chi connectivity index (χ4n) is 5.13. The molecule has 2 saturated heterocycles. The maximum atomic E-state index is 12.7. The Labute approximate surface area is 174 Å². The lowest BCUT2D eigenvalue weighted by Gasteiger charge is -2.40. The Morgan fingerprint density at radius 2 is 1.62 bits per heavy atom. The Morgan fingerprint density at radius 3 is 2.38 bits per heavy atom. The van der Waals surface area contributed by atoms with Crippen LogP contribution >= 0.6 is 0 Å². The summed E-state index contributed by atoms with van der Waals surface area (Å²) in [5.74, 6) is 0.246. The van der Waals surface area contributed by atoms with Crippen LogP contribution in [0.1, 0.15) is 66.4 Å². The monoisotopic (exact) mass is 397 g/mol. The zero-order valence-corrected chi connectivity index (χ0v) is 17.6. The van der Waals surface area contributed by atoms with Crippen molar-refractivity contribution in [1.29, 1.82) is 0 Å². The van der Waals surface area contributed by atoms with E-state index in [9.17, 15) is 9.59 Å². The van der Waals surface area contributed by atoms with Crippen molar-refractivity contribution in [2.75, 3.05) is 39.3 Å². The van der Waals surface area contributed by atoms with Crippen molar-refractivity contribution in [3.8, 4) is 0 Å². The fraction of sp³-hybridized carbons (Fsp3) is 0.667. The summed E-state index contributed by atoms with van der Waals surface area (Å²) >= 11 is 0. The summed E-state index contributed by atoms with van der Waals surface area (Å²) in [5, 5.41) is 3.41. The lowest BCUT2D eigenvalue weighted by Crippen LogP contribution is -2.48. The first-order valence-electron chi connectivity index (χ1n) is 11.6. The van der Waals surface area contributed by atoms with E-state index in [0.29, 0.717) is 18.9 Å². The molecule has 0 aromatic heterocycles. The van der Waals surface area contributed by atoms with Gasteiger partial charge in [-0.3, -0.25) is 9.59 Å². The lowest BCUT2D eigenvalue weighted by molar-refractivity contribution is -0.132. The largest absolute Gasteiger partial charge is 0.343 e. The molecule has 0 spiro atoms. The highest BCUT2D eigenvalue weighted by Gasteiger charge is 2.27. The Kier molecular flexibility index (Phi) is 6.98. The average Bonchev–Trinajstić information content (AvgIpc) is 3.03. The standard InChI is InChI=1S/C24H35N3O2/c28-23(21-5-4-19-8-12-25-13-9-20(19)18-21)6-7-24(29)27-16-10-22(11-17-27)26-14-2-1-3-15-26/h4-5,18,22,25H,1-3,6-17H2. The first kappa shape index (κ1) is 20.5. The van der Waals surface area contributed by atoms with Crippen molar-refractivity contribution in [2.45, 2.75) is 63.8 Å². The number of hydrogen-bond acceptors (Lipinski definition) is 4. The van der Waals surface area contributed by atoms with Crippen molar-refractivity contribution < 1.29 is 9.59 Å². The van der Waals surface area contributed by atoms with Gasteiger partial charge in [0.15, 0.2) is 5.78 Å². The number of carbonyl (C=O) groups excluding carboxylic acids is 2. The Morgan fingerprint density at radius 1 is 0.897 bits per heavy atom. The van der Waals surface area contributed by atoms with E-state index in [4.69, 9.17) is 0 Å². The molecule has 3 aliphatic heterocycles. The van der Waals surface area contributed by atoms with Gasteiger partial charge in [-0.1, -0.05) is 18.6 Å². The van der Waals surface area contributed by atoms with E-state index in [1.807, 2.05) is 11.0 Å². The Balaban J connectivity index is 1.24. The summed E-state index contributed by atoms with van der Waals surface area (Å²) in [6, 6.07) is 6.75. The van der Waals surface area contributed by atoms with Crippen LogP contribution in [-0.4, -0.2) is 66.8 Å². The molecule has 1 N–H and O–H groups in total. The van der Waals surface area contributed by atoms with E-state index < -0.39 is 0 Å². The number of Topliss-reactive ketones (excluding diaryl/α,β-unsaturated/α-hetero) is 1. The molecule has 5 heteroatoms. The molecule has 158 valence electrons. The summed E-state index contributed by atoms with van der Waals surface area (Å²) in [6.45, 7) is 6.12. The lowest BCUT2D eigenvalue weighted by atomic mass is 9.96. The molecule has 0 aliphatic carbocycles. The molecule has 3 aliphatic rings. The van der Waals surface area contributed by atoms with Gasteiger partial charge in [0.2, 0.25) is 5.91 Å². The Bertz CT molecular complexity index is 719. The minimum Gasteiger partial charge on any atom is -0.343 e. The minimum absolute atomic E-state index is 0.0987. The van der Waals surface area contributed by atoms with Crippen LogP contribution < -0.4 is 5.32 Å². The zero-order chi connectivity index (χ0) is 20.1. The molecule has 0 atom stereocenters. The van der Waals surface area contributed by atoms with Gasteiger partial charge in [-0.05, 0) is 81.9 Å². The molecule has 1 amide bonds. The van der Waals surface area contributed by atoms with Crippen molar-refractivity contribution in [1.82, 2.24) is 15.1 Å². The predicted octanol–water partition coefficient (Wildman–Crippen LogP) is 2.81. The second-order valence-corrected chi connectivity index (χ2v) is 8.87. The number of fused-ring (bicyclic) bond motifs is 1. The molecule has 0 unspecified atom stereocenters. The van der Waals surface area contributed by atoms with Crippen molar-refractivity contribution in [3.05, 3.63) is 34.9 Å². The maximum absolute atomic E-state index is 12.7. The fourth-order valence-corrected chi connectivity index (χ4v) is 5.13. The molecule has 5 nitrogen and oxygen atoms in total. The molecule has 4 rings (SSSR count). The third kappa shape index (κ3) is 5.26. The van der Waals surface area contributed by atoms with Gasteiger partial charge in [0.25, 0.3) is 0 Å². The van der Waals surface area contributed by atoms with Crippen LogP contribution in [0.25, 0.3) is 0 Å². The van der Waals surface area contributed by atoms with E-state index >= 15 is 0 Å². The van der Waals surface area contributed by atoms with E-state index in [1.54, 1.807) is 0 Å². The van der Waals surface area contributed by atoms with E-state index in [2.05, 4.69) is 22.3 Å². The van der Waals surface area contributed by atoms with Crippen LogP contribution in [0.5, 0.6) is 0 Å². The number of nitrogens with zero attached hydrogens (tertiary/aromatic N) is 2. The SMILES string of the molecule is O=C(CCC(=O)N1CCC(N2CCCCC2)CC1)c1ccc2c(c1)CCNCC2. The molecule has 0 bridgehead atoms. The molecule has 1 aromatic carbocycles. The number of benzene rings is 1.